The predicted molar refractivity (Wildman–Crippen MR) is 110 cm³/mol. The number of halogens is 3. The molecule has 1 saturated heterocycles. The predicted octanol–water partition coefficient (Wildman–Crippen LogP) is 4.80. The number of hydrogen-bond donors (Lipinski definition) is 1. The van der Waals surface area contributed by atoms with E-state index in [1.165, 1.54) is 11.8 Å². The molecule has 1 aliphatic rings. The Balaban J connectivity index is 1.59. The molecule has 1 atom stereocenters. The van der Waals surface area contributed by atoms with Crippen molar-refractivity contribution in [2.45, 2.75) is 13.0 Å². The maximum absolute atomic E-state index is 12.6. The fraction of sp³-hybridized carbons (Fsp3) is 0.316. The van der Waals surface area contributed by atoms with Crippen molar-refractivity contribution in [3.05, 3.63) is 57.5 Å². The van der Waals surface area contributed by atoms with Crippen LogP contribution in [0.1, 0.15) is 6.92 Å². The second-order valence-corrected chi connectivity index (χ2v) is 7.49. The summed E-state index contributed by atoms with van der Waals surface area (Å²) in [5.41, 5.74) is 1.69. The van der Waals surface area contributed by atoms with Crippen molar-refractivity contribution in [3.63, 3.8) is 0 Å². The summed E-state index contributed by atoms with van der Waals surface area (Å²) < 4.78 is 0. The zero-order chi connectivity index (χ0) is 18.7. The Hall–Kier alpha value is -1.46. The first-order valence-electron chi connectivity index (χ1n) is 8.45. The largest absolute Gasteiger partial charge is 0.369 e. The standard InChI is InChI=1S/C19H20Cl3N3O/c1-13(19(26)23-18-12-16(21)15(20)11-17(18)22)24-7-9-25(10-8-24)14-5-3-2-4-6-14/h2-6,11-13H,7-10H2,1H3,(H,23,26). The van der Waals surface area contributed by atoms with Crippen molar-refractivity contribution in [2.24, 2.45) is 0 Å². The Morgan fingerprint density at radius 3 is 2.23 bits per heavy atom. The number of nitrogens with zero attached hydrogens (tertiary/aromatic N) is 2. The Bertz CT molecular complexity index is 777. The van der Waals surface area contributed by atoms with E-state index in [-0.39, 0.29) is 11.9 Å². The van der Waals surface area contributed by atoms with Gasteiger partial charge in [0.05, 0.1) is 26.8 Å². The maximum Gasteiger partial charge on any atom is 0.241 e. The van der Waals surface area contributed by atoms with Crippen LogP contribution in [0.25, 0.3) is 0 Å². The third-order valence-corrected chi connectivity index (χ3v) is 5.67. The number of carbonyl (C=O) groups is 1. The van der Waals surface area contributed by atoms with Crippen molar-refractivity contribution in [1.82, 2.24) is 4.90 Å². The first kappa shape index (κ1) is 19.3. The Morgan fingerprint density at radius 2 is 1.58 bits per heavy atom. The summed E-state index contributed by atoms with van der Waals surface area (Å²) in [6.45, 7) is 5.31. The van der Waals surface area contributed by atoms with Crippen LogP contribution in [0.3, 0.4) is 0 Å². The van der Waals surface area contributed by atoms with Gasteiger partial charge in [-0.3, -0.25) is 9.69 Å². The number of para-hydroxylation sites is 1. The summed E-state index contributed by atoms with van der Waals surface area (Å²) >= 11 is 18.1. The van der Waals surface area contributed by atoms with Gasteiger partial charge in [-0.1, -0.05) is 53.0 Å². The molecule has 1 aliphatic heterocycles. The smallest absolute Gasteiger partial charge is 0.241 e. The minimum absolute atomic E-state index is 0.113. The topological polar surface area (TPSA) is 35.6 Å². The minimum atomic E-state index is -0.265. The van der Waals surface area contributed by atoms with Crippen LogP contribution >= 0.6 is 34.8 Å². The monoisotopic (exact) mass is 411 g/mol. The molecule has 0 radical (unpaired) electrons. The van der Waals surface area contributed by atoms with E-state index in [1.54, 1.807) is 6.07 Å². The van der Waals surface area contributed by atoms with Crippen LogP contribution in [0, 0.1) is 0 Å². The highest BCUT2D eigenvalue weighted by Gasteiger charge is 2.26. The highest BCUT2D eigenvalue weighted by atomic mass is 35.5. The molecule has 26 heavy (non-hydrogen) atoms. The van der Waals surface area contributed by atoms with Crippen LogP contribution in [-0.4, -0.2) is 43.0 Å². The SMILES string of the molecule is CC(C(=O)Nc1cc(Cl)c(Cl)cc1Cl)N1CCN(c2ccccc2)CC1. The van der Waals surface area contributed by atoms with Crippen molar-refractivity contribution in [2.75, 3.05) is 36.4 Å². The van der Waals surface area contributed by atoms with Crippen molar-refractivity contribution >= 4 is 52.1 Å². The second-order valence-electron chi connectivity index (χ2n) is 6.27. The number of benzene rings is 2. The Morgan fingerprint density at radius 1 is 0.962 bits per heavy atom. The molecular weight excluding hydrogens is 393 g/mol. The minimum Gasteiger partial charge on any atom is -0.369 e. The second kappa shape index (κ2) is 8.49. The van der Waals surface area contributed by atoms with Gasteiger partial charge < -0.3 is 10.2 Å². The van der Waals surface area contributed by atoms with Crippen LogP contribution in [-0.2, 0) is 4.79 Å². The first-order valence-corrected chi connectivity index (χ1v) is 9.58. The molecule has 4 nitrogen and oxygen atoms in total. The first-order chi connectivity index (χ1) is 12.5. The Labute approximate surface area is 168 Å². The van der Waals surface area contributed by atoms with Gasteiger partial charge in [-0.05, 0) is 31.2 Å². The molecular formula is C19H20Cl3N3O. The van der Waals surface area contributed by atoms with E-state index in [2.05, 4.69) is 27.2 Å². The number of amides is 1. The molecule has 2 aromatic rings. The fourth-order valence-corrected chi connectivity index (χ4v) is 3.62. The highest BCUT2D eigenvalue weighted by molar-refractivity contribution is 6.44. The van der Waals surface area contributed by atoms with Gasteiger partial charge in [0.1, 0.15) is 0 Å². The van der Waals surface area contributed by atoms with Gasteiger partial charge in [-0.15, -0.1) is 0 Å². The van der Waals surface area contributed by atoms with Crippen LogP contribution in [0.5, 0.6) is 0 Å². The van der Waals surface area contributed by atoms with Crippen molar-refractivity contribution in [1.29, 1.82) is 0 Å². The molecule has 0 aliphatic carbocycles. The molecule has 0 spiro atoms. The highest BCUT2D eigenvalue weighted by Crippen LogP contribution is 2.32. The van der Waals surface area contributed by atoms with Crippen LogP contribution in [0.15, 0.2) is 42.5 Å². The molecule has 0 aromatic heterocycles. The number of hydrogen-bond acceptors (Lipinski definition) is 3. The summed E-state index contributed by atoms with van der Waals surface area (Å²) in [6.07, 6.45) is 0. The average molecular weight is 413 g/mol. The van der Waals surface area contributed by atoms with Crippen LogP contribution in [0.4, 0.5) is 11.4 Å². The van der Waals surface area contributed by atoms with Gasteiger partial charge in [-0.2, -0.15) is 0 Å². The summed E-state index contributed by atoms with van der Waals surface area (Å²) in [4.78, 5) is 17.1. The lowest BCUT2D eigenvalue weighted by Gasteiger charge is -2.38. The normalized spacial score (nSPS) is 16.4. The van der Waals surface area contributed by atoms with E-state index >= 15 is 0 Å². The summed E-state index contributed by atoms with van der Waals surface area (Å²) in [5.74, 6) is -0.113. The van der Waals surface area contributed by atoms with Gasteiger partial charge >= 0.3 is 0 Å². The quantitative estimate of drug-likeness (QED) is 0.733. The number of anilines is 2. The maximum atomic E-state index is 12.6. The van der Waals surface area contributed by atoms with Gasteiger partial charge in [0.15, 0.2) is 0 Å². The van der Waals surface area contributed by atoms with Crippen LogP contribution < -0.4 is 10.2 Å². The van der Waals surface area contributed by atoms with E-state index in [9.17, 15) is 4.79 Å². The summed E-state index contributed by atoms with van der Waals surface area (Å²) in [7, 11) is 0. The third-order valence-electron chi connectivity index (χ3n) is 4.63. The van der Waals surface area contributed by atoms with Gasteiger partial charge in [0, 0.05) is 31.9 Å². The van der Waals surface area contributed by atoms with E-state index in [1.807, 2.05) is 25.1 Å². The van der Waals surface area contributed by atoms with Crippen molar-refractivity contribution < 1.29 is 4.79 Å². The lowest BCUT2D eigenvalue weighted by Crippen LogP contribution is -2.52. The van der Waals surface area contributed by atoms with Crippen molar-refractivity contribution in [3.8, 4) is 0 Å². The molecule has 1 N–H and O–H groups in total. The number of rotatable bonds is 4. The van der Waals surface area contributed by atoms with Gasteiger partial charge in [-0.25, -0.2) is 0 Å². The number of nitrogens with one attached hydrogen (secondary N) is 1. The van der Waals surface area contributed by atoms with E-state index in [0.29, 0.717) is 20.8 Å². The fourth-order valence-electron chi connectivity index (χ4n) is 3.03. The zero-order valence-corrected chi connectivity index (χ0v) is 16.7. The molecule has 7 heteroatoms. The average Bonchev–Trinajstić information content (AvgIpc) is 2.66. The summed E-state index contributed by atoms with van der Waals surface area (Å²) in [6, 6.07) is 13.2. The van der Waals surface area contributed by atoms with Crippen LogP contribution in [0.2, 0.25) is 15.1 Å². The molecule has 1 amide bonds. The molecule has 1 fully saturated rings. The van der Waals surface area contributed by atoms with E-state index in [0.717, 1.165) is 26.2 Å². The number of carbonyl (C=O) groups excluding carboxylic acids is 1. The molecule has 2 aromatic carbocycles. The molecule has 138 valence electrons. The number of piperazine rings is 1. The summed E-state index contributed by atoms with van der Waals surface area (Å²) in [5, 5.41) is 3.94. The van der Waals surface area contributed by atoms with Gasteiger partial charge in [0.2, 0.25) is 5.91 Å². The molecule has 0 saturated carbocycles. The molecule has 3 rings (SSSR count). The lowest BCUT2D eigenvalue weighted by atomic mass is 10.2. The molecule has 1 heterocycles. The molecule has 0 bridgehead atoms. The van der Waals surface area contributed by atoms with E-state index < -0.39 is 0 Å². The lowest BCUT2D eigenvalue weighted by molar-refractivity contribution is -0.120. The zero-order valence-electron chi connectivity index (χ0n) is 14.4. The Kier molecular flexibility index (Phi) is 6.30. The third kappa shape index (κ3) is 4.44. The van der Waals surface area contributed by atoms with Gasteiger partial charge in [0.25, 0.3) is 0 Å². The van der Waals surface area contributed by atoms with E-state index in [4.69, 9.17) is 34.8 Å². The molecule has 1 unspecified atom stereocenters.